The number of ether oxygens (including phenoxy) is 1. The summed E-state index contributed by atoms with van der Waals surface area (Å²) in [6.45, 7) is 4.11. The van der Waals surface area contributed by atoms with Gasteiger partial charge in [-0.3, -0.25) is 0 Å². The van der Waals surface area contributed by atoms with E-state index in [0.717, 1.165) is 16.5 Å². The fourth-order valence-electron chi connectivity index (χ4n) is 3.34. The number of hydrogen-bond acceptors (Lipinski definition) is 5. The Morgan fingerprint density at radius 3 is 2.45 bits per heavy atom. The van der Waals surface area contributed by atoms with Crippen molar-refractivity contribution in [3.05, 3.63) is 90.5 Å². The smallest absolute Gasteiger partial charge is 0.227 e. The summed E-state index contributed by atoms with van der Waals surface area (Å²) in [6, 6.07) is 26.3. The van der Waals surface area contributed by atoms with E-state index in [2.05, 4.69) is 24.6 Å². The highest BCUT2D eigenvalue weighted by Crippen LogP contribution is 2.33. The van der Waals surface area contributed by atoms with Gasteiger partial charge in [0.25, 0.3) is 0 Å². The summed E-state index contributed by atoms with van der Waals surface area (Å²) < 4.78 is 11.9. The lowest BCUT2D eigenvalue weighted by atomic mass is 10.1. The number of carbonyl (C=O) groups is 1. The summed E-state index contributed by atoms with van der Waals surface area (Å²) in [5.74, 6) is 0.291. The normalized spacial score (nSPS) is 10.8. The number of carbonyl (C=O) groups excluding carboxylic acids is 1. The zero-order chi connectivity index (χ0) is 23.4. The summed E-state index contributed by atoms with van der Waals surface area (Å²) in [4.78, 5) is 15.8. The maximum absolute atomic E-state index is 11.4. The Kier molecular flexibility index (Phi) is 6.38. The minimum atomic E-state index is -1.28. The van der Waals surface area contributed by atoms with Crippen LogP contribution in [0.1, 0.15) is 24.2 Å². The van der Waals surface area contributed by atoms with Crippen LogP contribution in [0, 0.1) is 0 Å². The Bertz CT molecular complexity index is 1410. The molecule has 5 rings (SSSR count). The zero-order valence-electron chi connectivity index (χ0n) is 18.4. The van der Waals surface area contributed by atoms with Crippen LogP contribution in [-0.2, 0) is 0 Å². The SMILES string of the molecule is CC(C)[NH3+].O=C([O-])c1ccccc1-c1nc2ccc(Oc3cccc4ccccc34)cc2o1. The van der Waals surface area contributed by atoms with Crippen LogP contribution in [0.25, 0.3) is 33.3 Å². The van der Waals surface area contributed by atoms with Crippen molar-refractivity contribution in [3.8, 4) is 23.0 Å². The van der Waals surface area contributed by atoms with E-state index in [1.54, 1.807) is 36.4 Å². The molecule has 0 aliphatic heterocycles. The Labute approximate surface area is 191 Å². The molecule has 0 unspecified atom stereocenters. The number of carboxylic acid groups (broad SMARTS) is 1. The molecular formula is C27H24N2O4. The van der Waals surface area contributed by atoms with Crippen LogP contribution in [0.2, 0.25) is 0 Å². The second kappa shape index (κ2) is 9.54. The maximum atomic E-state index is 11.4. The molecule has 0 bridgehead atoms. The van der Waals surface area contributed by atoms with Gasteiger partial charge in [0.15, 0.2) is 5.58 Å². The zero-order valence-corrected chi connectivity index (χ0v) is 18.4. The van der Waals surface area contributed by atoms with Crippen molar-refractivity contribution in [1.82, 2.24) is 4.98 Å². The van der Waals surface area contributed by atoms with Gasteiger partial charge in [0.1, 0.15) is 17.0 Å². The molecule has 0 aliphatic rings. The fraction of sp³-hybridized carbons (Fsp3) is 0.111. The van der Waals surface area contributed by atoms with Gasteiger partial charge in [-0.1, -0.05) is 54.6 Å². The minimum Gasteiger partial charge on any atom is -0.545 e. The van der Waals surface area contributed by atoms with Crippen LogP contribution in [0.15, 0.2) is 89.3 Å². The Hall–Kier alpha value is -4.16. The van der Waals surface area contributed by atoms with Crippen LogP contribution in [0.5, 0.6) is 11.5 Å². The number of fused-ring (bicyclic) bond motifs is 2. The average Bonchev–Trinajstić information content (AvgIpc) is 3.22. The van der Waals surface area contributed by atoms with Crippen molar-refractivity contribution < 1.29 is 24.8 Å². The quantitative estimate of drug-likeness (QED) is 0.445. The number of carboxylic acids is 1. The first-order valence-corrected chi connectivity index (χ1v) is 10.6. The van der Waals surface area contributed by atoms with Gasteiger partial charge in [-0.05, 0) is 43.5 Å². The van der Waals surface area contributed by atoms with Gasteiger partial charge in [0.05, 0.1) is 12.0 Å². The highest BCUT2D eigenvalue weighted by Gasteiger charge is 2.14. The Balaban J connectivity index is 0.000000601. The third-order valence-electron chi connectivity index (χ3n) is 4.71. The number of benzene rings is 4. The second-order valence-electron chi connectivity index (χ2n) is 7.95. The number of rotatable bonds is 4. The lowest BCUT2D eigenvalue weighted by Crippen LogP contribution is -2.57. The number of quaternary nitrogens is 1. The topological polar surface area (TPSA) is 103 Å². The maximum Gasteiger partial charge on any atom is 0.227 e. The predicted octanol–water partition coefficient (Wildman–Crippen LogP) is 4.44. The fourth-order valence-corrected chi connectivity index (χ4v) is 3.34. The van der Waals surface area contributed by atoms with E-state index in [9.17, 15) is 9.90 Å². The van der Waals surface area contributed by atoms with Crippen LogP contribution in [-0.4, -0.2) is 17.0 Å². The molecule has 0 atom stereocenters. The third kappa shape index (κ3) is 5.02. The first-order chi connectivity index (χ1) is 15.9. The molecule has 166 valence electrons. The van der Waals surface area contributed by atoms with Gasteiger partial charge < -0.3 is 24.8 Å². The van der Waals surface area contributed by atoms with E-state index < -0.39 is 5.97 Å². The van der Waals surface area contributed by atoms with Crippen molar-refractivity contribution in [2.45, 2.75) is 19.9 Å². The molecule has 5 aromatic rings. The van der Waals surface area contributed by atoms with Crippen molar-refractivity contribution >= 4 is 27.8 Å². The Morgan fingerprint density at radius 2 is 1.67 bits per heavy atom. The average molecular weight is 440 g/mol. The number of oxazole rings is 1. The van der Waals surface area contributed by atoms with Gasteiger partial charge in [0.2, 0.25) is 5.89 Å². The summed E-state index contributed by atoms with van der Waals surface area (Å²) in [7, 11) is 0. The molecule has 6 heteroatoms. The molecule has 0 saturated heterocycles. The van der Waals surface area contributed by atoms with Crippen LogP contribution >= 0.6 is 0 Å². The first kappa shape index (κ1) is 22.0. The van der Waals surface area contributed by atoms with E-state index in [1.165, 1.54) is 6.07 Å². The van der Waals surface area contributed by atoms with Gasteiger partial charge in [0, 0.05) is 22.6 Å². The molecule has 0 spiro atoms. The number of nitrogens with zero attached hydrogens (tertiary/aromatic N) is 1. The van der Waals surface area contributed by atoms with Gasteiger partial charge in [-0.25, -0.2) is 4.98 Å². The lowest BCUT2D eigenvalue weighted by molar-refractivity contribution is -0.407. The summed E-state index contributed by atoms with van der Waals surface area (Å²) in [5, 5.41) is 13.5. The molecule has 0 amide bonds. The van der Waals surface area contributed by atoms with E-state index in [4.69, 9.17) is 9.15 Å². The number of aromatic nitrogens is 1. The van der Waals surface area contributed by atoms with E-state index in [1.807, 2.05) is 42.5 Å². The van der Waals surface area contributed by atoms with Crippen molar-refractivity contribution in [3.63, 3.8) is 0 Å². The molecule has 33 heavy (non-hydrogen) atoms. The summed E-state index contributed by atoms with van der Waals surface area (Å²) in [6.07, 6.45) is 0. The van der Waals surface area contributed by atoms with Gasteiger partial charge in [-0.2, -0.15) is 0 Å². The summed E-state index contributed by atoms with van der Waals surface area (Å²) in [5.41, 5.74) is 5.16. The highest BCUT2D eigenvalue weighted by atomic mass is 16.5. The number of aromatic carboxylic acids is 1. The lowest BCUT2D eigenvalue weighted by Gasteiger charge is -2.08. The molecule has 0 radical (unpaired) electrons. The molecule has 0 fully saturated rings. The van der Waals surface area contributed by atoms with Crippen molar-refractivity contribution in [2.75, 3.05) is 0 Å². The molecule has 0 aliphatic carbocycles. The minimum absolute atomic E-state index is 0.0336. The predicted molar refractivity (Wildman–Crippen MR) is 126 cm³/mol. The largest absolute Gasteiger partial charge is 0.545 e. The molecule has 1 heterocycles. The van der Waals surface area contributed by atoms with Crippen molar-refractivity contribution in [1.29, 1.82) is 0 Å². The summed E-state index contributed by atoms with van der Waals surface area (Å²) >= 11 is 0. The third-order valence-corrected chi connectivity index (χ3v) is 4.71. The molecule has 1 aromatic heterocycles. The molecule has 6 nitrogen and oxygen atoms in total. The highest BCUT2D eigenvalue weighted by molar-refractivity contribution is 5.94. The molecule has 0 saturated carbocycles. The van der Waals surface area contributed by atoms with Crippen LogP contribution in [0.3, 0.4) is 0 Å². The monoisotopic (exact) mass is 440 g/mol. The number of hydrogen-bond donors (Lipinski definition) is 1. The van der Waals surface area contributed by atoms with Crippen LogP contribution in [0.4, 0.5) is 0 Å². The molecule has 3 N–H and O–H groups in total. The van der Waals surface area contributed by atoms with E-state index in [0.29, 0.717) is 28.5 Å². The van der Waals surface area contributed by atoms with Gasteiger partial charge >= 0.3 is 0 Å². The van der Waals surface area contributed by atoms with Crippen LogP contribution < -0.4 is 15.6 Å². The van der Waals surface area contributed by atoms with E-state index >= 15 is 0 Å². The Morgan fingerprint density at radius 1 is 0.970 bits per heavy atom. The van der Waals surface area contributed by atoms with Gasteiger partial charge in [-0.15, -0.1) is 0 Å². The standard InChI is InChI=1S/C24H15NO4.C3H9N/c26-24(27)19-10-4-3-9-18(19)23-25-20-13-12-16(14-22(20)29-23)28-21-11-5-7-15-6-1-2-8-17(15)21;1-3(2)4/h1-14H,(H,26,27);3H,4H2,1-2H3. The van der Waals surface area contributed by atoms with Crippen molar-refractivity contribution in [2.24, 2.45) is 0 Å². The first-order valence-electron chi connectivity index (χ1n) is 10.6. The van der Waals surface area contributed by atoms with E-state index in [-0.39, 0.29) is 11.5 Å². The second-order valence-corrected chi connectivity index (χ2v) is 7.95. The molecule has 4 aromatic carbocycles. The molecular weight excluding hydrogens is 416 g/mol.